The smallest absolute Gasteiger partial charge is 0.300 e. The minimum Gasteiger partial charge on any atom is -0.508 e. The van der Waals surface area contributed by atoms with Crippen molar-refractivity contribution in [2.45, 2.75) is 13.8 Å². The molecule has 0 bridgehead atoms. The maximum Gasteiger partial charge on any atom is 0.300 e. The van der Waals surface area contributed by atoms with Gasteiger partial charge in [0.2, 0.25) is 0 Å². The van der Waals surface area contributed by atoms with Gasteiger partial charge in [-0.15, -0.1) is 0 Å². The molecule has 2 aromatic carbocycles. The number of carboxylic acid groups (broad SMARTS) is 2. The van der Waals surface area contributed by atoms with Crippen LogP contribution in [-0.2, 0) is 9.59 Å². The number of hydrogen-bond acceptors (Lipinski definition) is 4. The van der Waals surface area contributed by atoms with E-state index in [9.17, 15) is 0 Å². The molecule has 6 heteroatoms. The molecule has 4 N–H and O–H groups in total. The van der Waals surface area contributed by atoms with Crippen molar-refractivity contribution in [1.82, 2.24) is 0 Å². The standard InChI is InChI=1S/C16H14O2.2C2H4O2/c17-15-9-5-13(6-10-15)3-1-2-4-14-7-11-16(18)12-8-14;2*1-2(3)4/h1-12,17-18H;2*1H3,(H,3,4). The van der Waals surface area contributed by atoms with Gasteiger partial charge in [-0.05, 0) is 35.4 Å². The second kappa shape index (κ2) is 12.8. The zero-order chi connectivity index (χ0) is 19.9. The van der Waals surface area contributed by atoms with E-state index in [4.69, 9.17) is 30.0 Å². The van der Waals surface area contributed by atoms with Crippen LogP contribution in [0.25, 0.3) is 12.2 Å². The zero-order valence-electron chi connectivity index (χ0n) is 14.5. The number of phenols is 2. The van der Waals surface area contributed by atoms with Crippen LogP contribution >= 0.6 is 0 Å². The van der Waals surface area contributed by atoms with Crippen LogP contribution in [0.4, 0.5) is 0 Å². The van der Waals surface area contributed by atoms with Crippen molar-refractivity contribution < 1.29 is 30.0 Å². The Kier molecular flexibility index (Phi) is 11.1. The topological polar surface area (TPSA) is 115 Å². The first-order valence-electron chi connectivity index (χ1n) is 7.52. The van der Waals surface area contributed by atoms with Gasteiger partial charge in [0.05, 0.1) is 0 Å². The molecule has 0 aliphatic rings. The van der Waals surface area contributed by atoms with E-state index in [1.165, 1.54) is 0 Å². The van der Waals surface area contributed by atoms with Gasteiger partial charge in [0.25, 0.3) is 11.9 Å². The van der Waals surface area contributed by atoms with Crippen molar-refractivity contribution in [2.75, 3.05) is 0 Å². The molecule has 0 atom stereocenters. The molecule has 6 nitrogen and oxygen atoms in total. The number of aliphatic carboxylic acids is 2. The molecule has 0 aromatic heterocycles. The van der Waals surface area contributed by atoms with Crippen molar-refractivity contribution >= 4 is 24.1 Å². The lowest BCUT2D eigenvalue weighted by Crippen LogP contribution is -1.78. The van der Waals surface area contributed by atoms with E-state index >= 15 is 0 Å². The lowest BCUT2D eigenvalue weighted by atomic mass is 10.2. The van der Waals surface area contributed by atoms with E-state index in [-0.39, 0.29) is 11.5 Å². The minimum absolute atomic E-state index is 0.270. The van der Waals surface area contributed by atoms with Gasteiger partial charge in [-0.25, -0.2) is 0 Å². The number of benzene rings is 2. The first-order valence-corrected chi connectivity index (χ1v) is 7.52. The maximum absolute atomic E-state index is 9.14. The Morgan fingerprint density at radius 1 is 0.654 bits per heavy atom. The fourth-order valence-corrected chi connectivity index (χ4v) is 1.50. The summed E-state index contributed by atoms with van der Waals surface area (Å²) < 4.78 is 0. The third-order valence-electron chi connectivity index (χ3n) is 2.47. The number of carbonyl (C=O) groups is 2. The summed E-state index contributed by atoms with van der Waals surface area (Å²) in [6.45, 7) is 2.17. The van der Waals surface area contributed by atoms with E-state index < -0.39 is 11.9 Å². The molecule has 0 spiro atoms. The molecule has 0 saturated carbocycles. The Bertz CT molecular complexity index is 654. The van der Waals surface area contributed by atoms with Crippen LogP contribution in [0.3, 0.4) is 0 Å². The highest BCUT2D eigenvalue weighted by Gasteiger charge is 1.88. The Hall–Kier alpha value is -3.54. The zero-order valence-corrected chi connectivity index (χ0v) is 14.5. The van der Waals surface area contributed by atoms with Crippen molar-refractivity contribution in [3.63, 3.8) is 0 Å². The highest BCUT2D eigenvalue weighted by Crippen LogP contribution is 2.12. The number of hydrogen-bond donors (Lipinski definition) is 4. The van der Waals surface area contributed by atoms with Gasteiger partial charge in [-0.2, -0.15) is 0 Å². The number of carboxylic acids is 2. The first kappa shape index (κ1) is 22.5. The van der Waals surface area contributed by atoms with Crippen LogP contribution < -0.4 is 0 Å². The highest BCUT2D eigenvalue weighted by atomic mass is 16.4. The van der Waals surface area contributed by atoms with Crippen LogP contribution in [0.15, 0.2) is 60.7 Å². The third-order valence-corrected chi connectivity index (χ3v) is 2.47. The summed E-state index contributed by atoms with van der Waals surface area (Å²) in [5, 5.41) is 33.1. The molecule has 0 unspecified atom stereocenters. The Labute approximate surface area is 152 Å². The predicted molar refractivity (Wildman–Crippen MR) is 101 cm³/mol. The van der Waals surface area contributed by atoms with E-state index in [1.54, 1.807) is 24.3 Å². The molecule has 0 heterocycles. The lowest BCUT2D eigenvalue weighted by molar-refractivity contribution is -0.135. The summed E-state index contributed by atoms with van der Waals surface area (Å²) in [5.74, 6) is -1.13. The van der Waals surface area contributed by atoms with E-state index in [1.807, 2.05) is 48.6 Å². The number of allylic oxidation sites excluding steroid dienone is 2. The highest BCUT2D eigenvalue weighted by molar-refractivity contribution is 5.63. The maximum atomic E-state index is 9.14. The molecular weight excluding hydrogens is 336 g/mol. The van der Waals surface area contributed by atoms with Crippen molar-refractivity contribution in [3.05, 3.63) is 71.8 Å². The quantitative estimate of drug-likeness (QED) is 0.616. The summed E-state index contributed by atoms with van der Waals surface area (Å²) in [4.78, 5) is 18.0. The minimum atomic E-state index is -0.833. The fourth-order valence-electron chi connectivity index (χ4n) is 1.50. The molecule has 2 aromatic rings. The van der Waals surface area contributed by atoms with Gasteiger partial charge >= 0.3 is 0 Å². The van der Waals surface area contributed by atoms with Crippen LogP contribution in [0, 0.1) is 0 Å². The SMILES string of the molecule is CC(=O)O.CC(=O)O.Oc1ccc(C=CC=Cc2ccc(O)cc2)cc1. The second-order valence-electron chi connectivity index (χ2n) is 4.94. The van der Waals surface area contributed by atoms with Crippen LogP contribution in [-0.4, -0.2) is 32.4 Å². The molecule has 0 fully saturated rings. The summed E-state index contributed by atoms with van der Waals surface area (Å²) >= 11 is 0. The summed E-state index contributed by atoms with van der Waals surface area (Å²) in [7, 11) is 0. The van der Waals surface area contributed by atoms with Crippen molar-refractivity contribution in [2.24, 2.45) is 0 Å². The number of phenolic OH excluding ortho intramolecular Hbond substituents is 2. The Morgan fingerprint density at radius 2 is 0.885 bits per heavy atom. The molecule has 138 valence electrons. The summed E-state index contributed by atoms with van der Waals surface area (Å²) in [5.41, 5.74) is 2.06. The average molecular weight is 358 g/mol. The van der Waals surface area contributed by atoms with Crippen LogP contribution in [0.2, 0.25) is 0 Å². The molecule has 26 heavy (non-hydrogen) atoms. The summed E-state index contributed by atoms with van der Waals surface area (Å²) in [6.07, 6.45) is 7.77. The third kappa shape index (κ3) is 14.1. The molecule has 0 radical (unpaired) electrons. The lowest BCUT2D eigenvalue weighted by Gasteiger charge is -1.93. The predicted octanol–water partition coefficient (Wildman–Crippen LogP) is 4.01. The van der Waals surface area contributed by atoms with Gasteiger partial charge in [0.15, 0.2) is 0 Å². The molecular formula is C20H22O6. The van der Waals surface area contributed by atoms with Crippen LogP contribution in [0.1, 0.15) is 25.0 Å². The average Bonchev–Trinajstić information content (AvgIpc) is 2.54. The first-order chi connectivity index (χ1) is 12.2. The van der Waals surface area contributed by atoms with E-state index in [2.05, 4.69) is 0 Å². The van der Waals surface area contributed by atoms with Gasteiger partial charge in [0.1, 0.15) is 11.5 Å². The molecule has 0 aliphatic heterocycles. The fraction of sp³-hybridized carbons (Fsp3) is 0.100. The monoisotopic (exact) mass is 358 g/mol. The normalized spacial score (nSPS) is 9.77. The van der Waals surface area contributed by atoms with E-state index in [0.29, 0.717) is 0 Å². The molecule has 0 saturated heterocycles. The number of aromatic hydroxyl groups is 2. The molecule has 2 rings (SSSR count). The Morgan fingerprint density at radius 3 is 1.12 bits per heavy atom. The van der Waals surface area contributed by atoms with Crippen LogP contribution in [0.5, 0.6) is 11.5 Å². The van der Waals surface area contributed by atoms with E-state index in [0.717, 1.165) is 25.0 Å². The molecule has 0 amide bonds. The van der Waals surface area contributed by atoms with Gasteiger partial charge < -0.3 is 20.4 Å². The van der Waals surface area contributed by atoms with Gasteiger partial charge in [-0.3, -0.25) is 9.59 Å². The van der Waals surface area contributed by atoms with Gasteiger partial charge in [-0.1, -0.05) is 48.6 Å². The Balaban J connectivity index is 0.000000662. The number of rotatable bonds is 3. The molecule has 0 aliphatic carbocycles. The largest absolute Gasteiger partial charge is 0.508 e. The van der Waals surface area contributed by atoms with Crippen molar-refractivity contribution in [1.29, 1.82) is 0 Å². The summed E-state index contributed by atoms with van der Waals surface area (Å²) in [6, 6.07) is 14.0. The second-order valence-corrected chi connectivity index (χ2v) is 4.94. The van der Waals surface area contributed by atoms with Gasteiger partial charge in [0, 0.05) is 13.8 Å². The van der Waals surface area contributed by atoms with Crippen molar-refractivity contribution in [3.8, 4) is 11.5 Å².